The fourth-order valence-corrected chi connectivity index (χ4v) is 3.97. The Labute approximate surface area is 170 Å². The molecule has 2 atom stereocenters. The zero-order chi connectivity index (χ0) is 22.5. The fourth-order valence-electron chi connectivity index (χ4n) is 3.74. The summed E-state index contributed by atoms with van der Waals surface area (Å²) in [5.74, 6) is -1.36. The number of hydrogen-bond acceptors (Lipinski definition) is 6. The zero-order valence-electron chi connectivity index (χ0n) is 17.7. The number of β-amino-alcohol motifs (C(OH)–C–C–N with tert-alkyl or cyclic N) is 1. The van der Waals surface area contributed by atoms with Gasteiger partial charge in [-0.3, -0.25) is 4.79 Å². The van der Waals surface area contributed by atoms with Crippen molar-refractivity contribution in [3.63, 3.8) is 0 Å². The van der Waals surface area contributed by atoms with Crippen molar-refractivity contribution in [1.29, 1.82) is 0 Å². The molecule has 1 aromatic heterocycles. The molecule has 3 aromatic rings. The maximum atomic E-state index is 12.8. The van der Waals surface area contributed by atoms with Crippen LogP contribution >= 0.6 is 11.6 Å². The van der Waals surface area contributed by atoms with Gasteiger partial charge in [0.25, 0.3) is 0 Å². The molecule has 146 valence electrons. The van der Waals surface area contributed by atoms with E-state index in [-0.39, 0.29) is 47.6 Å². The monoisotopic (exact) mass is 404 g/mol. The van der Waals surface area contributed by atoms with Gasteiger partial charge in [-0.2, -0.15) is 0 Å². The molecule has 4 rings (SSSR count). The lowest BCUT2D eigenvalue weighted by atomic mass is 9.85. The molecule has 2 heterocycles. The summed E-state index contributed by atoms with van der Waals surface area (Å²) >= 11 is 6.24. The van der Waals surface area contributed by atoms with Crippen LogP contribution in [0.25, 0.3) is 22.3 Å². The maximum Gasteiger partial charge on any atom is 0.197 e. The van der Waals surface area contributed by atoms with E-state index in [1.807, 2.05) is 0 Å². The standard InChI is InChI=1S/C21H20ClNO5/c1-23-7-6-12(17(27)10-23)19-14(24)8-15(25)20-16(26)9-18(28-21(19)20)11-4-2-3-5-13(11)22/h2-5,8-9,12,17,24-25,27H,6-7,10H2,1H3/i1D3. The van der Waals surface area contributed by atoms with Crippen molar-refractivity contribution in [2.24, 2.45) is 0 Å². The predicted molar refractivity (Wildman–Crippen MR) is 107 cm³/mol. The van der Waals surface area contributed by atoms with Crippen LogP contribution in [0.5, 0.6) is 11.5 Å². The van der Waals surface area contributed by atoms with E-state index in [0.29, 0.717) is 10.6 Å². The molecule has 6 nitrogen and oxygen atoms in total. The van der Waals surface area contributed by atoms with E-state index in [4.69, 9.17) is 20.1 Å². The summed E-state index contributed by atoms with van der Waals surface area (Å²) < 4.78 is 28.6. The Morgan fingerprint density at radius 2 is 2.04 bits per heavy atom. The lowest BCUT2D eigenvalue weighted by molar-refractivity contribution is 0.0630. The number of halogens is 1. The molecular formula is C21H20ClNO5. The Balaban J connectivity index is 1.90. The maximum absolute atomic E-state index is 12.8. The van der Waals surface area contributed by atoms with E-state index in [1.54, 1.807) is 24.3 Å². The van der Waals surface area contributed by atoms with Gasteiger partial charge in [0.1, 0.15) is 28.2 Å². The zero-order valence-corrected chi connectivity index (χ0v) is 15.5. The average Bonchev–Trinajstić information content (AvgIpc) is 2.68. The first-order valence-electron chi connectivity index (χ1n) is 10.3. The van der Waals surface area contributed by atoms with Gasteiger partial charge in [-0.25, -0.2) is 0 Å². The van der Waals surface area contributed by atoms with Gasteiger partial charge < -0.3 is 24.6 Å². The second-order valence-electron chi connectivity index (χ2n) is 6.90. The van der Waals surface area contributed by atoms with E-state index in [2.05, 4.69) is 0 Å². The number of nitrogens with zero attached hydrogens (tertiary/aromatic N) is 1. The molecule has 1 saturated heterocycles. The number of aliphatic hydroxyl groups excluding tert-OH is 1. The number of aromatic hydroxyl groups is 2. The Kier molecular flexibility index (Phi) is 3.92. The molecule has 1 fully saturated rings. The number of rotatable bonds is 2. The van der Waals surface area contributed by atoms with Crippen molar-refractivity contribution >= 4 is 22.6 Å². The number of likely N-dealkylation sites (tertiary alicyclic amines) is 1. The van der Waals surface area contributed by atoms with Crippen molar-refractivity contribution in [3.8, 4) is 22.8 Å². The molecule has 2 unspecified atom stereocenters. The van der Waals surface area contributed by atoms with E-state index in [0.717, 1.165) is 6.07 Å². The van der Waals surface area contributed by atoms with Crippen LogP contribution in [-0.2, 0) is 0 Å². The van der Waals surface area contributed by atoms with Crippen molar-refractivity contribution in [2.75, 3.05) is 20.1 Å². The molecule has 0 bridgehead atoms. The van der Waals surface area contributed by atoms with Crippen LogP contribution in [0.1, 0.15) is 22.0 Å². The second-order valence-corrected chi connectivity index (χ2v) is 7.30. The molecule has 0 saturated carbocycles. The van der Waals surface area contributed by atoms with E-state index in [1.165, 1.54) is 11.0 Å². The summed E-state index contributed by atoms with van der Waals surface area (Å²) in [7, 11) is 0. The molecule has 0 radical (unpaired) electrons. The Bertz CT molecular complexity index is 1210. The van der Waals surface area contributed by atoms with Gasteiger partial charge in [0.15, 0.2) is 5.43 Å². The number of likely N-dealkylation sites (N-methyl/N-ethyl adjacent to an activating group) is 1. The van der Waals surface area contributed by atoms with Crippen LogP contribution in [-0.4, -0.2) is 46.4 Å². The van der Waals surface area contributed by atoms with Crippen LogP contribution in [0, 0.1) is 0 Å². The third-order valence-electron chi connectivity index (χ3n) is 5.09. The number of benzene rings is 2. The van der Waals surface area contributed by atoms with Gasteiger partial charge in [0.05, 0.1) is 11.1 Å². The van der Waals surface area contributed by atoms with Crippen molar-refractivity contribution in [1.82, 2.24) is 4.90 Å². The summed E-state index contributed by atoms with van der Waals surface area (Å²) in [6.45, 7) is -2.35. The molecule has 0 spiro atoms. The predicted octanol–water partition coefficient (Wildman–Crippen LogP) is 3.30. The van der Waals surface area contributed by atoms with Gasteiger partial charge in [-0.15, -0.1) is 0 Å². The highest BCUT2D eigenvalue weighted by molar-refractivity contribution is 6.33. The largest absolute Gasteiger partial charge is 0.507 e. The molecule has 3 N–H and O–H groups in total. The summed E-state index contributed by atoms with van der Waals surface area (Å²) in [6, 6.07) is 8.99. The summed E-state index contributed by atoms with van der Waals surface area (Å²) in [6.07, 6.45) is -0.936. The van der Waals surface area contributed by atoms with Crippen LogP contribution in [0.3, 0.4) is 0 Å². The van der Waals surface area contributed by atoms with Crippen molar-refractivity contribution < 1.29 is 23.8 Å². The lowest BCUT2D eigenvalue weighted by Gasteiger charge is -2.34. The second kappa shape index (κ2) is 7.13. The quantitative estimate of drug-likeness (QED) is 0.606. The third-order valence-corrected chi connectivity index (χ3v) is 5.42. The molecular weight excluding hydrogens is 382 g/mol. The fraction of sp³-hybridized carbons (Fsp3) is 0.286. The molecule has 7 heteroatoms. The number of phenolic OH excluding ortho intramolecular Hbond substituents is 2. The molecule has 1 aliphatic rings. The van der Waals surface area contributed by atoms with Gasteiger partial charge in [0, 0.05) is 39.8 Å². The molecule has 2 aromatic carbocycles. The average molecular weight is 405 g/mol. The van der Waals surface area contributed by atoms with Crippen LogP contribution in [0.15, 0.2) is 45.6 Å². The van der Waals surface area contributed by atoms with E-state index < -0.39 is 30.2 Å². The molecule has 28 heavy (non-hydrogen) atoms. The van der Waals surface area contributed by atoms with Gasteiger partial charge in [0.2, 0.25) is 0 Å². The van der Waals surface area contributed by atoms with Gasteiger partial charge in [-0.05, 0) is 32.1 Å². The first-order valence-corrected chi connectivity index (χ1v) is 9.16. The Morgan fingerprint density at radius 1 is 1.25 bits per heavy atom. The SMILES string of the molecule is [2H]C([2H])([2H])N1CCC(c2c(O)cc(O)c3c(=O)cc(-c4ccccc4Cl)oc23)C(O)C1. The minimum atomic E-state index is -2.35. The van der Waals surface area contributed by atoms with E-state index in [9.17, 15) is 20.1 Å². The third kappa shape index (κ3) is 3.13. The van der Waals surface area contributed by atoms with Gasteiger partial charge in [-0.1, -0.05) is 23.7 Å². The smallest absolute Gasteiger partial charge is 0.197 e. The first-order chi connectivity index (χ1) is 14.6. The number of fused-ring (bicyclic) bond motifs is 1. The lowest BCUT2D eigenvalue weighted by Crippen LogP contribution is -2.40. The van der Waals surface area contributed by atoms with Crippen LogP contribution in [0.4, 0.5) is 0 Å². The summed E-state index contributed by atoms with van der Waals surface area (Å²) in [5.41, 5.74) is 0.00172. The minimum Gasteiger partial charge on any atom is -0.507 e. The highest BCUT2D eigenvalue weighted by atomic mass is 35.5. The van der Waals surface area contributed by atoms with E-state index >= 15 is 0 Å². The Morgan fingerprint density at radius 3 is 2.75 bits per heavy atom. The highest BCUT2D eigenvalue weighted by Gasteiger charge is 2.33. The highest BCUT2D eigenvalue weighted by Crippen LogP contribution is 2.42. The molecule has 0 amide bonds. The topological polar surface area (TPSA) is 94.1 Å². The number of aliphatic hydroxyl groups is 1. The summed E-state index contributed by atoms with van der Waals surface area (Å²) in [4.78, 5) is 14.0. The Hall–Kier alpha value is -2.54. The van der Waals surface area contributed by atoms with Gasteiger partial charge >= 0.3 is 0 Å². The van der Waals surface area contributed by atoms with Crippen molar-refractivity contribution in [2.45, 2.75) is 18.4 Å². The molecule has 1 aliphatic heterocycles. The number of piperidine rings is 1. The van der Waals surface area contributed by atoms with Crippen LogP contribution in [0.2, 0.25) is 5.02 Å². The van der Waals surface area contributed by atoms with Crippen molar-refractivity contribution in [3.05, 3.63) is 57.2 Å². The molecule has 0 aliphatic carbocycles. The number of hydrogen-bond donors (Lipinski definition) is 3. The first kappa shape index (κ1) is 15.4. The number of phenols is 2. The normalized spacial score (nSPS) is 22.6. The van der Waals surface area contributed by atoms with Crippen LogP contribution < -0.4 is 5.43 Å². The minimum absolute atomic E-state index is 0.0636. The summed E-state index contributed by atoms with van der Waals surface area (Å²) in [5, 5.41) is 31.8.